The van der Waals surface area contributed by atoms with Crippen LogP contribution in [-0.4, -0.2) is 19.1 Å². The van der Waals surface area contributed by atoms with Gasteiger partial charge in [0.05, 0.1) is 0 Å². The summed E-state index contributed by atoms with van der Waals surface area (Å²) in [5.74, 6) is 0. The van der Waals surface area contributed by atoms with Gasteiger partial charge in [0, 0.05) is 18.3 Å². The van der Waals surface area contributed by atoms with Gasteiger partial charge in [0.15, 0.2) is 0 Å². The lowest BCUT2D eigenvalue weighted by Gasteiger charge is -2.27. The number of nitrogens with zero attached hydrogens (tertiary/aromatic N) is 1. The van der Waals surface area contributed by atoms with Crippen molar-refractivity contribution in [3.8, 4) is 0 Å². The molecule has 0 amide bonds. The first-order chi connectivity index (χ1) is 8.38. The highest BCUT2D eigenvalue weighted by Gasteiger charge is 2.28. The molecule has 0 radical (unpaired) electrons. The van der Waals surface area contributed by atoms with E-state index in [9.17, 15) is 0 Å². The molecule has 3 rings (SSSR count). The highest BCUT2D eigenvalue weighted by molar-refractivity contribution is 5.60. The van der Waals surface area contributed by atoms with E-state index < -0.39 is 0 Å². The second-order valence-corrected chi connectivity index (χ2v) is 5.38. The molecular weight excluding hydrogens is 208 g/mol. The standard InChI is InChI=1S/C15H22N2/c16-9-7-12-5-6-13-8-10-17(15(13)11-12)14-3-1-2-4-14/h5-6,11,14H,1-4,7-10,16H2. The van der Waals surface area contributed by atoms with E-state index in [4.69, 9.17) is 5.73 Å². The molecule has 0 saturated heterocycles. The monoisotopic (exact) mass is 230 g/mol. The first-order valence-electron chi connectivity index (χ1n) is 6.97. The minimum Gasteiger partial charge on any atom is -0.368 e. The fourth-order valence-electron chi connectivity index (χ4n) is 3.37. The van der Waals surface area contributed by atoms with Gasteiger partial charge in [-0.2, -0.15) is 0 Å². The molecule has 1 saturated carbocycles. The van der Waals surface area contributed by atoms with Gasteiger partial charge in [-0.3, -0.25) is 0 Å². The maximum absolute atomic E-state index is 5.65. The lowest BCUT2D eigenvalue weighted by atomic mass is 10.1. The summed E-state index contributed by atoms with van der Waals surface area (Å²) in [5.41, 5.74) is 10.1. The van der Waals surface area contributed by atoms with Crippen molar-refractivity contribution >= 4 is 5.69 Å². The van der Waals surface area contributed by atoms with E-state index in [0.717, 1.165) is 19.0 Å². The summed E-state index contributed by atoms with van der Waals surface area (Å²) < 4.78 is 0. The van der Waals surface area contributed by atoms with Gasteiger partial charge in [-0.15, -0.1) is 0 Å². The Hall–Kier alpha value is -1.02. The quantitative estimate of drug-likeness (QED) is 0.864. The molecule has 17 heavy (non-hydrogen) atoms. The molecule has 2 N–H and O–H groups in total. The van der Waals surface area contributed by atoms with E-state index in [1.54, 1.807) is 0 Å². The van der Waals surface area contributed by atoms with Crippen molar-refractivity contribution in [3.05, 3.63) is 29.3 Å². The van der Waals surface area contributed by atoms with Crippen LogP contribution in [0.25, 0.3) is 0 Å². The number of anilines is 1. The summed E-state index contributed by atoms with van der Waals surface area (Å²) >= 11 is 0. The Morgan fingerprint density at radius 3 is 2.82 bits per heavy atom. The molecule has 0 aromatic heterocycles. The van der Waals surface area contributed by atoms with E-state index in [0.29, 0.717) is 0 Å². The number of hydrogen-bond donors (Lipinski definition) is 1. The number of nitrogens with two attached hydrogens (primary N) is 1. The largest absolute Gasteiger partial charge is 0.368 e. The van der Waals surface area contributed by atoms with Crippen LogP contribution in [0.4, 0.5) is 5.69 Å². The third-order valence-corrected chi connectivity index (χ3v) is 4.28. The van der Waals surface area contributed by atoms with Crippen LogP contribution in [0.15, 0.2) is 18.2 Å². The molecule has 2 heteroatoms. The van der Waals surface area contributed by atoms with Gasteiger partial charge < -0.3 is 10.6 Å². The van der Waals surface area contributed by atoms with Crippen molar-refractivity contribution in [1.29, 1.82) is 0 Å². The molecule has 1 aromatic rings. The summed E-state index contributed by atoms with van der Waals surface area (Å²) in [6, 6.07) is 7.76. The molecule has 1 aliphatic heterocycles. The number of benzene rings is 1. The number of hydrogen-bond acceptors (Lipinski definition) is 2. The van der Waals surface area contributed by atoms with Gasteiger partial charge in [-0.1, -0.05) is 25.0 Å². The van der Waals surface area contributed by atoms with Crippen molar-refractivity contribution < 1.29 is 0 Å². The summed E-state index contributed by atoms with van der Waals surface area (Å²) in [6.07, 6.45) is 7.85. The van der Waals surface area contributed by atoms with Crippen molar-refractivity contribution in [2.75, 3.05) is 18.0 Å². The summed E-state index contributed by atoms with van der Waals surface area (Å²) in [6.45, 7) is 1.98. The van der Waals surface area contributed by atoms with Crippen molar-refractivity contribution in [2.24, 2.45) is 5.73 Å². The topological polar surface area (TPSA) is 29.3 Å². The fraction of sp³-hybridized carbons (Fsp3) is 0.600. The molecule has 1 heterocycles. The zero-order valence-corrected chi connectivity index (χ0v) is 10.5. The van der Waals surface area contributed by atoms with Gasteiger partial charge in [-0.05, 0) is 49.4 Å². The van der Waals surface area contributed by atoms with Crippen LogP contribution in [-0.2, 0) is 12.8 Å². The predicted octanol–water partition coefficient (Wildman–Crippen LogP) is 2.49. The van der Waals surface area contributed by atoms with Crippen LogP contribution in [0, 0.1) is 0 Å². The maximum atomic E-state index is 5.65. The van der Waals surface area contributed by atoms with Crippen LogP contribution in [0.2, 0.25) is 0 Å². The van der Waals surface area contributed by atoms with E-state index in [1.807, 2.05) is 0 Å². The molecule has 1 aromatic carbocycles. The molecule has 92 valence electrons. The number of fused-ring (bicyclic) bond motifs is 1. The van der Waals surface area contributed by atoms with Gasteiger partial charge in [0.25, 0.3) is 0 Å². The van der Waals surface area contributed by atoms with Crippen LogP contribution in [0.1, 0.15) is 36.8 Å². The predicted molar refractivity (Wildman–Crippen MR) is 72.5 cm³/mol. The minimum atomic E-state index is 0.752. The summed E-state index contributed by atoms with van der Waals surface area (Å²) in [7, 11) is 0. The Morgan fingerprint density at radius 1 is 1.24 bits per heavy atom. The van der Waals surface area contributed by atoms with Crippen molar-refractivity contribution in [2.45, 2.75) is 44.6 Å². The van der Waals surface area contributed by atoms with E-state index in [2.05, 4.69) is 23.1 Å². The second-order valence-electron chi connectivity index (χ2n) is 5.38. The first kappa shape index (κ1) is 11.1. The van der Waals surface area contributed by atoms with Crippen LogP contribution < -0.4 is 10.6 Å². The fourth-order valence-corrected chi connectivity index (χ4v) is 3.37. The normalized spacial score (nSPS) is 19.9. The van der Waals surface area contributed by atoms with Crippen molar-refractivity contribution in [3.63, 3.8) is 0 Å². The van der Waals surface area contributed by atoms with Crippen molar-refractivity contribution in [1.82, 2.24) is 0 Å². The molecule has 0 unspecified atom stereocenters. The van der Waals surface area contributed by atoms with E-state index in [-0.39, 0.29) is 0 Å². The molecule has 1 fully saturated rings. The van der Waals surface area contributed by atoms with Gasteiger partial charge in [0.1, 0.15) is 0 Å². The SMILES string of the molecule is NCCc1ccc2c(c1)N(C1CCCC1)CC2. The highest BCUT2D eigenvalue weighted by atomic mass is 15.2. The zero-order chi connectivity index (χ0) is 11.7. The zero-order valence-electron chi connectivity index (χ0n) is 10.5. The Balaban J connectivity index is 1.86. The van der Waals surface area contributed by atoms with Crippen LogP contribution >= 0.6 is 0 Å². The Labute approximate surface area is 104 Å². The third-order valence-electron chi connectivity index (χ3n) is 4.28. The second kappa shape index (κ2) is 4.69. The molecule has 0 bridgehead atoms. The maximum Gasteiger partial charge on any atom is 0.0404 e. The molecule has 0 spiro atoms. The molecule has 0 atom stereocenters. The van der Waals surface area contributed by atoms with Crippen LogP contribution in [0.5, 0.6) is 0 Å². The smallest absolute Gasteiger partial charge is 0.0404 e. The average Bonchev–Trinajstić information content (AvgIpc) is 2.96. The average molecular weight is 230 g/mol. The van der Waals surface area contributed by atoms with E-state index >= 15 is 0 Å². The first-order valence-corrected chi connectivity index (χ1v) is 6.97. The molecule has 1 aliphatic carbocycles. The molecular formula is C15H22N2. The highest BCUT2D eigenvalue weighted by Crippen LogP contribution is 2.35. The van der Waals surface area contributed by atoms with Crippen LogP contribution in [0.3, 0.4) is 0 Å². The minimum absolute atomic E-state index is 0.752. The third kappa shape index (κ3) is 2.06. The lowest BCUT2D eigenvalue weighted by molar-refractivity contribution is 0.625. The van der Waals surface area contributed by atoms with Gasteiger partial charge in [0.2, 0.25) is 0 Å². The van der Waals surface area contributed by atoms with Gasteiger partial charge >= 0.3 is 0 Å². The summed E-state index contributed by atoms with van der Waals surface area (Å²) in [5, 5.41) is 0. The summed E-state index contributed by atoms with van der Waals surface area (Å²) in [4.78, 5) is 2.66. The molecule has 2 aliphatic rings. The number of rotatable bonds is 3. The molecule has 2 nitrogen and oxygen atoms in total. The lowest BCUT2D eigenvalue weighted by Crippen LogP contribution is -2.31. The van der Waals surface area contributed by atoms with Gasteiger partial charge in [-0.25, -0.2) is 0 Å². The van der Waals surface area contributed by atoms with E-state index in [1.165, 1.54) is 55.5 Å². The Kier molecular flexibility index (Phi) is 3.06. The Morgan fingerprint density at radius 2 is 2.06 bits per heavy atom. The Bertz CT molecular complexity index is 394.